The van der Waals surface area contributed by atoms with Crippen LogP contribution in [-0.4, -0.2) is 52.5 Å². The predicted molar refractivity (Wildman–Crippen MR) is 133 cm³/mol. The second kappa shape index (κ2) is 11.5. The van der Waals surface area contributed by atoms with Crippen molar-refractivity contribution < 1.29 is 17.9 Å². The molecule has 0 unspecified atom stereocenters. The molecule has 2 N–H and O–H groups in total. The molecule has 0 amide bonds. The van der Waals surface area contributed by atoms with Gasteiger partial charge in [-0.1, -0.05) is 12.1 Å². The van der Waals surface area contributed by atoms with Crippen molar-refractivity contribution in [2.24, 2.45) is 4.99 Å². The Morgan fingerprint density at radius 3 is 2.39 bits per heavy atom. The van der Waals surface area contributed by atoms with E-state index < -0.39 is 10.0 Å². The second-order valence-electron chi connectivity index (χ2n) is 6.96. The number of aliphatic imine (C=N–C) groups is 1. The first-order chi connectivity index (χ1) is 14.4. The number of rotatable bonds is 6. The fourth-order valence-corrected chi connectivity index (χ4v) is 3.73. The first-order valence-electron chi connectivity index (χ1n) is 9.86. The Morgan fingerprint density at radius 2 is 1.74 bits per heavy atom. The minimum Gasteiger partial charge on any atom is -0.490 e. The van der Waals surface area contributed by atoms with Crippen LogP contribution in [-0.2, 0) is 16.6 Å². The molecule has 0 saturated carbocycles. The van der Waals surface area contributed by atoms with Gasteiger partial charge in [-0.05, 0) is 36.8 Å². The van der Waals surface area contributed by atoms with E-state index >= 15 is 0 Å². The van der Waals surface area contributed by atoms with Crippen LogP contribution in [0.2, 0.25) is 0 Å². The molecule has 0 atom stereocenters. The zero-order valence-corrected chi connectivity index (χ0v) is 21.1. The summed E-state index contributed by atoms with van der Waals surface area (Å²) in [6.07, 6.45) is 0.857. The number of hydrogen-bond acceptors (Lipinski definition) is 5. The van der Waals surface area contributed by atoms with Gasteiger partial charge in [-0.25, -0.2) is 17.7 Å². The number of hydrogen-bond donors (Lipinski definition) is 2. The summed E-state index contributed by atoms with van der Waals surface area (Å²) in [5.41, 5.74) is 1.75. The van der Waals surface area contributed by atoms with Crippen LogP contribution in [0.25, 0.3) is 0 Å². The number of nitrogens with one attached hydrogen (secondary N) is 2. The Hall–Kier alpha value is -2.05. The van der Waals surface area contributed by atoms with Gasteiger partial charge in [0.25, 0.3) is 0 Å². The SMILES string of the molecule is CCNC(=NCc1ccc(S(=O)(=O)N(C)C)cc1)Nc1ccc2c(c1)OCCCO2.I. The van der Waals surface area contributed by atoms with Crippen molar-refractivity contribution in [1.82, 2.24) is 9.62 Å². The Bertz CT molecular complexity index is 995. The van der Waals surface area contributed by atoms with Crippen LogP contribution in [0, 0.1) is 0 Å². The van der Waals surface area contributed by atoms with E-state index in [1.807, 2.05) is 25.1 Å². The van der Waals surface area contributed by atoms with E-state index in [9.17, 15) is 8.42 Å². The maximum atomic E-state index is 12.2. The van der Waals surface area contributed by atoms with Crippen molar-refractivity contribution in [2.45, 2.75) is 24.8 Å². The normalized spacial score (nSPS) is 13.9. The van der Waals surface area contributed by atoms with E-state index in [1.165, 1.54) is 18.4 Å². The van der Waals surface area contributed by atoms with Gasteiger partial charge in [0.15, 0.2) is 17.5 Å². The van der Waals surface area contributed by atoms with E-state index in [0.29, 0.717) is 38.0 Å². The number of fused-ring (bicyclic) bond motifs is 1. The van der Waals surface area contributed by atoms with Crippen molar-refractivity contribution in [1.29, 1.82) is 0 Å². The van der Waals surface area contributed by atoms with Crippen LogP contribution in [0.5, 0.6) is 11.5 Å². The molecule has 0 bridgehead atoms. The highest BCUT2D eigenvalue weighted by molar-refractivity contribution is 14.0. The smallest absolute Gasteiger partial charge is 0.242 e. The molecule has 1 aliphatic heterocycles. The molecule has 3 rings (SSSR count). The molecule has 1 heterocycles. The summed E-state index contributed by atoms with van der Waals surface area (Å²) in [4.78, 5) is 4.86. The van der Waals surface area contributed by atoms with Gasteiger partial charge in [0, 0.05) is 38.8 Å². The lowest BCUT2D eigenvalue weighted by Gasteiger charge is -2.14. The van der Waals surface area contributed by atoms with Gasteiger partial charge in [0.2, 0.25) is 10.0 Å². The maximum Gasteiger partial charge on any atom is 0.242 e. The zero-order valence-electron chi connectivity index (χ0n) is 17.9. The maximum absolute atomic E-state index is 12.2. The number of guanidine groups is 1. The van der Waals surface area contributed by atoms with Gasteiger partial charge in [-0.15, -0.1) is 24.0 Å². The molecule has 10 heteroatoms. The molecule has 0 spiro atoms. The van der Waals surface area contributed by atoms with Crippen molar-refractivity contribution in [2.75, 3.05) is 39.2 Å². The van der Waals surface area contributed by atoms with Gasteiger partial charge in [0.05, 0.1) is 24.7 Å². The third kappa shape index (κ3) is 6.71. The summed E-state index contributed by atoms with van der Waals surface area (Å²) < 4.78 is 37.0. The van der Waals surface area contributed by atoms with Gasteiger partial charge in [-0.2, -0.15) is 0 Å². The standard InChI is InChI=1S/C21H28N4O4S.HI/c1-4-22-21(24-17-8-11-19-20(14-17)29-13-5-12-28-19)23-15-16-6-9-18(10-7-16)30(26,27)25(2)3;/h6-11,14H,4-5,12-13,15H2,1-3H3,(H2,22,23,24);1H. The number of ether oxygens (including phenoxy) is 2. The molecule has 0 aliphatic carbocycles. The fraction of sp³-hybridized carbons (Fsp3) is 0.381. The second-order valence-corrected chi connectivity index (χ2v) is 9.12. The molecule has 2 aromatic carbocycles. The first-order valence-corrected chi connectivity index (χ1v) is 11.3. The fourth-order valence-electron chi connectivity index (χ4n) is 2.83. The van der Waals surface area contributed by atoms with Crippen LogP contribution in [0.1, 0.15) is 18.9 Å². The molecule has 170 valence electrons. The Kier molecular flexibility index (Phi) is 9.38. The van der Waals surface area contributed by atoms with E-state index in [-0.39, 0.29) is 28.9 Å². The third-order valence-electron chi connectivity index (χ3n) is 4.48. The van der Waals surface area contributed by atoms with E-state index in [4.69, 9.17) is 9.47 Å². The molecular weight excluding hydrogens is 531 g/mol. The first kappa shape index (κ1) is 25.2. The minimum absolute atomic E-state index is 0. The minimum atomic E-state index is -3.43. The summed E-state index contributed by atoms with van der Waals surface area (Å²) in [7, 11) is -0.403. The van der Waals surface area contributed by atoms with Crippen LogP contribution >= 0.6 is 24.0 Å². The molecule has 0 aromatic heterocycles. The van der Waals surface area contributed by atoms with Crippen molar-refractivity contribution >= 4 is 45.6 Å². The zero-order chi connectivity index (χ0) is 21.6. The Balaban J connectivity index is 0.00000341. The summed E-state index contributed by atoms with van der Waals surface area (Å²) in [5, 5.41) is 6.48. The van der Waals surface area contributed by atoms with Crippen molar-refractivity contribution in [3.63, 3.8) is 0 Å². The predicted octanol–water partition coefficient (Wildman–Crippen LogP) is 3.29. The molecule has 0 saturated heterocycles. The van der Waals surface area contributed by atoms with Gasteiger partial charge in [-0.3, -0.25) is 0 Å². The molecule has 0 fully saturated rings. The van der Waals surface area contributed by atoms with Gasteiger partial charge in [0.1, 0.15) is 0 Å². The Labute approximate surface area is 201 Å². The highest BCUT2D eigenvalue weighted by Gasteiger charge is 2.16. The Morgan fingerprint density at radius 1 is 1.06 bits per heavy atom. The van der Waals surface area contributed by atoms with Crippen LogP contribution in [0.3, 0.4) is 0 Å². The number of sulfonamides is 1. The topological polar surface area (TPSA) is 92.3 Å². The largest absolute Gasteiger partial charge is 0.490 e. The van der Waals surface area contributed by atoms with Crippen LogP contribution < -0.4 is 20.1 Å². The lowest BCUT2D eigenvalue weighted by molar-refractivity contribution is 0.297. The molecule has 0 radical (unpaired) electrons. The molecule has 2 aromatic rings. The third-order valence-corrected chi connectivity index (χ3v) is 6.31. The van der Waals surface area contributed by atoms with E-state index in [0.717, 1.165) is 23.4 Å². The number of halogens is 1. The van der Waals surface area contributed by atoms with Crippen molar-refractivity contribution in [3.8, 4) is 11.5 Å². The van der Waals surface area contributed by atoms with E-state index in [1.54, 1.807) is 24.3 Å². The quantitative estimate of drug-likeness (QED) is 0.320. The van der Waals surface area contributed by atoms with Gasteiger partial charge >= 0.3 is 0 Å². The van der Waals surface area contributed by atoms with Gasteiger partial charge < -0.3 is 20.1 Å². The highest BCUT2D eigenvalue weighted by atomic mass is 127. The average molecular weight is 560 g/mol. The number of benzene rings is 2. The van der Waals surface area contributed by atoms with E-state index in [2.05, 4.69) is 15.6 Å². The lowest BCUT2D eigenvalue weighted by atomic mass is 10.2. The summed E-state index contributed by atoms with van der Waals surface area (Å²) >= 11 is 0. The monoisotopic (exact) mass is 560 g/mol. The molecule has 1 aliphatic rings. The highest BCUT2D eigenvalue weighted by Crippen LogP contribution is 2.32. The van der Waals surface area contributed by atoms with Crippen molar-refractivity contribution in [3.05, 3.63) is 48.0 Å². The lowest BCUT2D eigenvalue weighted by Crippen LogP contribution is -2.30. The summed E-state index contributed by atoms with van der Waals surface area (Å²) in [6, 6.07) is 12.5. The van der Waals surface area contributed by atoms with Crippen LogP contribution in [0.15, 0.2) is 52.4 Å². The average Bonchev–Trinajstić information content (AvgIpc) is 2.97. The number of nitrogens with zero attached hydrogens (tertiary/aromatic N) is 2. The molecular formula is C21H29IN4O4S. The number of anilines is 1. The summed E-state index contributed by atoms with van der Waals surface area (Å²) in [5.74, 6) is 2.08. The molecule has 8 nitrogen and oxygen atoms in total. The van der Waals surface area contributed by atoms with Crippen LogP contribution in [0.4, 0.5) is 5.69 Å². The molecule has 31 heavy (non-hydrogen) atoms. The summed E-state index contributed by atoms with van der Waals surface area (Å²) in [6.45, 7) is 4.38.